The molecule has 15 heteroatoms. The molecule has 0 saturated carbocycles. The number of aromatic nitrogens is 3. The summed E-state index contributed by atoms with van der Waals surface area (Å²) in [5, 5.41) is 16.2. The summed E-state index contributed by atoms with van der Waals surface area (Å²) in [5.74, 6) is 0.585. The fourth-order valence-corrected chi connectivity index (χ4v) is 9.79. The molecule has 10 nitrogen and oxygen atoms in total. The van der Waals surface area contributed by atoms with Gasteiger partial charge in [-0.05, 0) is 55.5 Å². The van der Waals surface area contributed by atoms with Crippen LogP contribution in [-0.2, 0) is 29.5 Å². The van der Waals surface area contributed by atoms with Crippen LogP contribution in [-0.4, -0.2) is 94.1 Å². The topological polar surface area (TPSA) is 110 Å². The molecular weight excluding hydrogens is 662 g/mol. The normalized spacial score (nSPS) is 21.4. The van der Waals surface area contributed by atoms with Crippen molar-refractivity contribution in [3.8, 4) is 6.07 Å². The van der Waals surface area contributed by atoms with Crippen LogP contribution >= 0.6 is 11.3 Å². The average Bonchev–Trinajstić information content (AvgIpc) is 3.83. The van der Waals surface area contributed by atoms with Crippen molar-refractivity contribution in [3.05, 3.63) is 64.3 Å². The summed E-state index contributed by atoms with van der Waals surface area (Å²) in [6.07, 6.45) is -1.26. The molecule has 2 atom stereocenters. The third kappa shape index (κ3) is 6.44. The molecule has 1 N–H and O–H groups in total. The van der Waals surface area contributed by atoms with Crippen LogP contribution in [0.2, 0.25) is 0 Å². The van der Waals surface area contributed by atoms with E-state index in [1.54, 1.807) is 10.4 Å². The first-order valence-electron chi connectivity index (χ1n) is 16.1. The van der Waals surface area contributed by atoms with Crippen LogP contribution in [0.15, 0.2) is 42.6 Å². The molecule has 0 amide bonds. The number of fused-ring (bicyclic) bond motifs is 4. The summed E-state index contributed by atoms with van der Waals surface area (Å²) in [5.41, 5.74) is 4.01. The minimum absolute atomic E-state index is 0.0235. The first-order valence-corrected chi connectivity index (χ1v) is 18.4. The number of nitrogens with zero attached hydrogens (tertiary/aromatic N) is 7. The van der Waals surface area contributed by atoms with E-state index >= 15 is 0 Å². The van der Waals surface area contributed by atoms with Crippen LogP contribution in [0.25, 0.3) is 21.1 Å². The van der Waals surface area contributed by atoms with Gasteiger partial charge in [0.05, 0.1) is 11.8 Å². The molecule has 6 heterocycles. The third-order valence-electron chi connectivity index (χ3n) is 10.1. The number of rotatable bonds is 10. The standard InChI is InChI=1S/C33H37F3N8O2S2/c1-3-48(45,46)44-19-25-12-26(44)18-42(25)10-11-43-24(16-37)13-28-21(2)22(4-5-30(28)43)17-41-8-6-23(7-9-41)40-31-29-14-27(15-33(34,35)36)47-32(29)39-20-38-31/h3-5,13-14,20,23,25-26H,1,6-12,15,17-19H2,2H3,(H,38,39,40). The second-order valence-corrected chi connectivity index (χ2v) is 16.0. The van der Waals surface area contributed by atoms with Gasteiger partial charge >= 0.3 is 6.18 Å². The second-order valence-electron chi connectivity index (χ2n) is 13.0. The van der Waals surface area contributed by atoms with E-state index in [4.69, 9.17) is 0 Å². The van der Waals surface area contributed by atoms with Gasteiger partial charge in [0.15, 0.2) is 0 Å². The molecule has 2 bridgehead atoms. The van der Waals surface area contributed by atoms with E-state index in [-0.39, 0.29) is 23.0 Å². The molecule has 7 rings (SSSR count). The summed E-state index contributed by atoms with van der Waals surface area (Å²) in [6, 6.07) is 10.5. The highest BCUT2D eigenvalue weighted by Crippen LogP contribution is 2.35. The van der Waals surface area contributed by atoms with Gasteiger partial charge in [0.25, 0.3) is 0 Å². The predicted octanol–water partition coefficient (Wildman–Crippen LogP) is 5.24. The van der Waals surface area contributed by atoms with Gasteiger partial charge in [-0.15, -0.1) is 11.3 Å². The van der Waals surface area contributed by atoms with Gasteiger partial charge in [0.2, 0.25) is 10.0 Å². The molecule has 0 aliphatic carbocycles. The lowest BCUT2D eigenvalue weighted by atomic mass is 10.0. The number of halogens is 3. The zero-order valence-electron chi connectivity index (χ0n) is 26.6. The minimum Gasteiger partial charge on any atom is -0.367 e. The number of sulfonamides is 1. The Morgan fingerprint density at radius 1 is 1.12 bits per heavy atom. The van der Waals surface area contributed by atoms with Crippen molar-refractivity contribution >= 4 is 48.3 Å². The number of alkyl halides is 3. The van der Waals surface area contributed by atoms with Crippen molar-refractivity contribution in [2.45, 2.75) is 70.0 Å². The number of hydrogen-bond donors (Lipinski definition) is 1. The second kappa shape index (κ2) is 12.7. The lowest BCUT2D eigenvalue weighted by Gasteiger charge is -2.33. The lowest BCUT2D eigenvalue weighted by Crippen LogP contribution is -2.48. The van der Waals surface area contributed by atoms with Gasteiger partial charge in [-0.2, -0.15) is 22.7 Å². The number of piperazine rings is 1. The summed E-state index contributed by atoms with van der Waals surface area (Å²) in [6.45, 7) is 10.6. The molecule has 3 aliphatic rings. The quantitative estimate of drug-likeness (QED) is 0.240. The van der Waals surface area contributed by atoms with Crippen LogP contribution in [0.3, 0.4) is 0 Å². The molecule has 254 valence electrons. The number of hydrogen-bond acceptors (Lipinski definition) is 9. The number of aryl methyl sites for hydroxylation is 1. The van der Waals surface area contributed by atoms with Crippen LogP contribution in [0.5, 0.6) is 0 Å². The Labute approximate surface area is 281 Å². The molecule has 48 heavy (non-hydrogen) atoms. The van der Waals surface area contributed by atoms with E-state index in [1.807, 2.05) is 6.07 Å². The predicted molar refractivity (Wildman–Crippen MR) is 180 cm³/mol. The number of benzene rings is 1. The van der Waals surface area contributed by atoms with Crippen molar-refractivity contribution in [2.24, 2.45) is 0 Å². The minimum atomic E-state index is -4.27. The zero-order valence-corrected chi connectivity index (χ0v) is 28.2. The monoisotopic (exact) mass is 698 g/mol. The molecule has 4 aromatic rings. The van der Waals surface area contributed by atoms with Crippen molar-refractivity contribution in [1.82, 2.24) is 28.6 Å². The molecule has 3 aromatic heterocycles. The molecule has 0 radical (unpaired) electrons. The fraction of sp³-hybridized carbons (Fsp3) is 0.485. The summed E-state index contributed by atoms with van der Waals surface area (Å²) in [7, 11) is -3.41. The largest absolute Gasteiger partial charge is 0.393 e. The number of likely N-dealkylation sites (tertiary alicyclic amines) is 2. The lowest BCUT2D eigenvalue weighted by molar-refractivity contribution is -0.126. The summed E-state index contributed by atoms with van der Waals surface area (Å²) >= 11 is 1.06. The molecule has 0 spiro atoms. The molecule has 3 saturated heterocycles. The number of thiophene rings is 1. The first kappa shape index (κ1) is 33.0. The highest BCUT2D eigenvalue weighted by molar-refractivity contribution is 7.92. The maximum atomic E-state index is 12.9. The van der Waals surface area contributed by atoms with Crippen molar-refractivity contribution < 1.29 is 21.6 Å². The third-order valence-corrected chi connectivity index (χ3v) is 12.7. The van der Waals surface area contributed by atoms with Crippen molar-refractivity contribution in [2.75, 3.05) is 38.0 Å². The van der Waals surface area contributed by atoms with E-state index in [9.17, 15) is 26.9 Å². The summed E-state index contributed by atoms with van der Waals surface area (Å²) < 4.78 is 67.1. The fourth-order valence-electron chi connectivity index (χ4n) is 7.62. The smallest absolute Gasteiger partial charge is 0.367 e. The Balaban J connectivity index is 0.972. The van der Waals surface area contributed by atoms with Crippen molar-refractivity contribution in [3.63, 3.8) is 0 Å². The van der Waals surface area contributed by atoms with Crippen LogP contribution in [0.4, 0.5) is 19.0 Å². The van der Waals surface area contributed by atoms with Crippen molar-refractivity contribution in [1.29, 1.82) is 5.26 Å². The zero-order chi connectivity index (χ0) is 33.8. The average molecular weight is 699 g/mol. The van der Waals surface area contributed by atoms with E-state index < -0.39 is 22.6 Å². The van der Waals surface area contributed by atoms with E-state index in [2.05, 4.69) is 61.4 Å². The SMILES string of the molecule is C=CS(=O)(=O)N1CC2CC1CN2CCn1c(C#N)cc2c(C)c(CN3CCC(Nc4ncnc5sc(CC(F)(F)F)cc45)CC3)ccc21. The Hall–Kier alpha value is -3.55. The maximum Gasteiger partial charge on any atom is 0.393 e. The van der Waals surface area contributed by atoms with Gasteiger partial charge in [0, 0.05) is 85.1 Å². The van der Waals surface area contributed by atoms with Gasteiger partial charge in [0.1, 0.15) is 28.7 Å². The van der Waals surface area contributed by atoms with Crippen LogP contribution < -0.4 is 5.32 Å². The Kier molecular flexibility index (Phi) is 8.74. The van der Waals surface area contributed by atoms with Crippen LogP contribution in [0, 0.1) is 18.3 Å². The Bertz CT molecular complexity index is 2010. The summed E-state index contributed by atoms with van der Waals surface area (Å²) in [4.78, 5) is 14.1. The van der Waals surface area contributed by atoms with Crippen LogP contribution in [0.1, 0.15) is 41.0 Å². The Morgan fingerprint density at radius 3 is 2.60 bits per heavy atom. The van der Waals surface area contributed by atoms with E-state index in [0.717, 1.165) is 78.7 Å². The van der Waals surface area contributed by atoms with E-state index in [1.165, 1.54) is 11.9 Å². The van der Waals surface area contributed by atoms with Gasteiger partial charge in [-0.3, -0.25) is 9.80 Å². The maximum absolute atomic E-state index is 12.9. The van der Waals surface area contributed by atoms with E-state index in [0.29, 0.717) is 41.4 Å². The number of nitrogens with one attached hydrogen (secondary N) is 1. The van der Waals surface area contributed by atoms with Gasteiger partial charge in [-0.1, -0.05) is 12.6 Å². The van der Waals surface area contributed by atoms with Gasteiger partial charge < -0.3 is 9.88 Å². The number of nitriles is 1. The molecule has 3 aliphatic heterocycles. The number of piperidine rings is 1. The highest BCUT2D eigenvalue weighted by Gasteiger charge is 2.47. The number of anilines is 1. The molecular formula is C33H37F3N8O2S2. The Morgan fingerprint density at radius 2 is 1.92 bits per heavy atom. The molecule has 2 unspecified atom stereocenters. The molecule has 1 aromatic carbocycles. The van der Waals surface area contributed by atoms with Gasteiger partial charge in [-0.25, -0.2) is 18.4 Å². The first-order chi connectivity index (χ1) is 22.9. The molecule has 3 fully saturated rings. The highest BCUT2D eigenvalue weighted by atomic mass is 32.2.